The molecule has 3 aromatic rings. The molecule has 1 fully saturated rings. The van der Waals surface area contributed by atoms with Gasteiger partial charge in [0.15, 0.2) is 0 Å². The fourth-order valence-corrected chi connectivity index (χ4v) is 7.09. The van der Waals surface area contributed by atoms with Gasteiger partial charge in [0, 0.05) is 19.0 Å². The predicted octanol–water partition coefficient (Wildman–Crippen LogP) is 3.24. The van der Waals surface area contributed by atoms with Crippen LogP contribution in [0.3, 0.4) is 0 Å². The Bertz CT molecular complexity index is 1560. The summed E-state index contributed by atoms with van der Waals surface area (Å²) in [5, 5.41) is 13.1. The van der Waals surface area contributed by atoms with Crippen LogP contribution in [0, 0.1) is 12.8 Å². The van der Waals surface area contributed by atoms with Crippen LogP contribution in [0.5, 0.6) is 5.75 Å². The number of nitrogens with zero attached hydrogens (tertiary/aromatic N) is 2. The summed E-state index contributed by atoms with van der Waals surface area (Å²) in [7, 11) is 1.61. The first-order valence-corrected chi connectivity index (χ1v) is 14.9. The molecule has 1 aromatic carbocycles. The lowest BCUT2D eigenvalue weighted by Crippen LogP contribution is -2.54. The van der Waals surface area contributed by atoms with Gasteiger partial charge in [0.1, 0.15) is 16.1 Å². The van der Waals surface area contributed by atoms with Gasteiger partial charge in [-0.1, -0.05) is 18.2 Å². The van der Waals surface area contributed by atoms with Crippen molar-refractivity contribution in [3.8, 4) is 5.75 Å². The molecular formula is C30H40N4O6S. The van der Waals surface area contributed by atoms with Crippen molar-refractivity contribution in [1.82, 2.24) is 14.5 Å². The molecule has 0 bridgehead atoms. The number of thiophene rings is 1. The van der Waals surface area contributed by atoms with Gasteiger partial charge in [0.05, 0.1) is 23.5 Å². The number of benzene rings is 1. The molecule has 222 valence electrons. The number of amides is 2. The molecule has 4 rings (SSSR count). The van der Waals surface area contributed by atoms with Gasteiger partial charge >= 0.3 is 5.69 Å². The van der Waals surface area contributed by atoms with E-state index < -0.39 is 22.7 Å². The van der Waals surface area contributed by atoms with Crippen LogP contribution in [0.2, 0.25) is 0 Å². The molecule has 10 nitrogen and oxygen atoms in total. The van der Waals surface area contributed by atoms with E-state index in [1.165, 1.54) is 18.4 Å². The van der Waals surface area contributed by atoms with Gasteiger partial charge in [-0.05, 0) is 82.9 Å². The number of nitrogens with two attached hydrogens (primary N) is 1. The fraction of sp³-hybridized carbons (Fsp3) is 0.533. The summed E-state index contributed by atoms with van der Waals surface area (Å²) in [5.74, 6) is -0.323. The van der Waals surface area contributed by atoms with Crippen LogP contribution in [-0.4, -0.2) is 45.8 Å². The molecular weight excluding hydrogens is 544 g/mol. The van der Waals surface area contributed by atoms with Crippen molar-refractivity contribution in [2.24, 2.45) is 11.7 Å². The Morgan fingerprint density at radius 2 is 1.85 bits per heavy atom. The zero-order valence-electron chi connectivity index (χ0n) is 24.4. The lowest BCUT2D eigenvalue weighted by Gasteiger charge is -2.30. The monoisotopic (exact) mass is 584 g/mol. The topological polar surface area (TPSA) is 146 Å². The molecule has 0 radical (unpaired) electrons. The maximum atomic E-state index is 14.2. The Labute approximate surface area is 243 Å². The van der Waals surface area contributed by atoms with E-state index in [0.29, 0.717) is 33.5 Å². The van der Waals surface area contributed by atoms with Crippen molar-refractivity contribution in [3.05, 3.63) is 61.1 Å². The highest BCUT2D eigenvalue weighted by Crippen LogP contribution is 2.38. The Morgan fingerprint density at radius 3 is 2.46 bits per heavy atom. The summed E-state index contributed by atoms with van der Waals surface area (Å²) in [5.41, 5.74) is 4.15. The van der Waals surface area contributed by atoms with Crippen molar-refractivity contribution < 1.29 is 19.4 Å². The number of hydrogen-bond donors (Lipinski definition) is 3. The van der Waals surface area contributed by atoms with Crippen molar-refractivity contribution in [1.29, 1.82) is 0 Å². The van der Waals surface area contributed by atoms with Gasteiger partial charge in [-0.25, -0.2) is 9.36 Å². The number of para-hydroxylation sites is 1. The molecule has 0 aliphatic heterocycles. The van der Waals surface area contributed by atoms with Crippen LogP contribution in [0.4, 0.5) is 0 Å². The van der Waals surface area contributed by atoms with E-state index in [0.717, 1.165) is 53.6 Å². The molecule has 4 N–H and O–H groups in total. The molecule has 1 atom stereocenters. The Balaban J connectivity index is 1.97. The van der Waals surface area contributed by atoms with E-state index in [9.17, 15) is 24.3 Å². The zero-order chi connectivity index (χ0) is 30.1. The van der Waals surface area contributed by atoms with Gasteiger partial charge in [-0.3, -0.25) is 19.0 Å². The Kier molecular flexibility index (Phi) is 9.08. The number of ether oxygens (including phenoxy) is 1. The summed E-state index contributed by atoms with van der Waals surface area (Å²) < 4.78 is 8.15. The SMILES string of the molecule is CCNC(=O)c1sc2c(c1C)c(=O)n(C(C)(C)C(N)=O)c(=O)n2C[C@H](C[C@H]1CC[C@H](O)CC1)c1ccccc1OC. The van der Waals surface area contributed by atoms with Crippen LogP contribution < -0.4 is 27.0 Å². The number of primary amides is 1. The molecule has 0 unspecified atom stereocenters. The van der Waals surface area contributed by atoms with Crippen LogP contribution in [0.1, 0.15) is 79.6 Å². The summed E-state index contributed by atoms with van der Waals surface area (Å²) in [6.45, 7) is 6.99. The first kappa shape index (κ1) is 30.5. The van der Waals surface area contributed by atoms with Gasteiger partial charge < -0.3 is 20.9 Å². The molecule has 2 heterocycles. The molecule has 1 aliphatic rings. The van der Waals surface area contributed by atoms with Gasteiger partial charge in [0.25, 0.3) is 11.5 Å². The van der Waals surface area contributed by atoms with Gasteiger partial charge in [0.2, 0.25) is 5.91 Å². The second-order valence-electron chi connectivity index (χ2n) is 11.4. The standard InChI is InChI=1S/C30H40N4O6S/c1-6-32-25(36)24-17(2)23-26(37)34(30(3,4)28(31)38)29(39)33(27(23)41-24)16-19(15-18-11-13-20(35)14-12-18)21-9-7-8-10-22(21)40-5/h7-10,18-20,35H,6,11-16H2,1-5H3,(H2,31,38)(H,32,36)/t18-,19-,20-/m0/s1. The zero-order valence-corrected chi connectivity index (χ0v) is 25.2. The second-order valence-corrected chi connectivity index (χ2v) is 12.4. The first-order chi connectivity index (χ1) is 19.4. The number of carbonyl (C=O) groups excluding carboxylic acids is 2. The van der Waals surface area contributed by atoms with Crippen molar-refractivity contribution in [3.63, 3.8) is 0 Å². The van der Waals surface area contributed by atoms with Gasteiger partial charge in [-0.15, -0.1) is 11.3 Å². The Morgan fingerprint density at radius 1 is 1.20 bits per heavy atom. The summed E-state index contributed by atoms with van der Waals surface area (Å²) >= 11 is 1.11. The first-order valence-electron chi connectivity index (χ1n) is 14.1. The third-order valence-electron chi connectivity index (χ3n) is 8.33. The van der Waals surface area contributed by atoms with Crippen molar-refractivity contribution >= 4 is 33.4 Å². The normalized spacial score (nSPS) is 18.3. The second kappa shape index (κ2) is 12.2. The van der Waals surface area contributed by atoms with Crippen molar-refractivity contribution in [2.75, 3.05) is 13.7 Å². The number of aryl methyl sites for hydroxylation is 1. The molecule has 0 spiro atoms. The minimum absolute atomic E-state index is 0.190. The van der Waals surface area contributed by atoms with E-state index in [1.54, 1.807) is 21.0 Å². The van der Waals surface area contributed by atoms with E-state index in [1.807, 2.05) is 24.3 Å². The molecule has 0 saturated heterocycles. The quantitative estimate of drug-likeness (QED) is 0.334. The molecule has 1 saturated carbocycles. The van der Waals surface area contributed by atoms with Crippen LogP contribution in [0.25, 0.3) is 10.2 Å². The molecule has 11 heteroatoms. The minimum Gasteiger partial charge on any atom is -0.496 e. The third-order valence-corrected chi connectivity index (χ3v) is 9.65. The lowest BCUT2D eigenvalue weighted by molar-refractivity contribution is -0.125. The summed E-state index contributed by atoms with van der Waals surface area (Å²) in [6, 6.07) is 7.67. The van der Waals surface area contributed by atoms with E-state index in [2.05, 4.69) is 5.32 Å². The smallest absolute Gasteiger partial charge is 0.333 e. The highest BCUT2D eigenvalue weighted by molar-refractivity contribution is 7.20. The maximum Gasteiger partial charge on any atom is 0.333 e. The summed E-state index contributed by atoms with van der Waals surface area (Å²) in [4.78, 5) is 54.2. The summed E-state index contributed by atoms with van der Waals surface area (Å²) in [6.07, 6.45) is 3.62. The average molecular weight is 585 g/mol. The van der Waals surface area contributed by atoms with Gasteiger partial charge in [-0.2, -0.15) is 0 Å². The molecule has 2 amide bonds. The highest BCUT2D eigenvalue weighted by Gasteiger charge is 2.35. The highest BCUT2D eigenvalue weighted by atomic mass is 32.1. The molecule has 1 aliphatic carbocycles. The largest absolute Gasteiger partial charge is 0.496 e. The number of rotatable bonds is 10. The van der Waals surface area contributed by atoms with E-state index >= 15 is 0 Å². The molecule has 2 aromatic heterocycles. The van der Waals surface area contributed by atoms with Crippen LogP contribution in [0.15, 0.2) is 33.9 Å². The molecule has 41 heavy (non-hydrogen) atoms. The number of aromatic nitrogens is 2. The number of fused-ring (bicyclic) bond motifs is 1. The van der Waals surface area contributed by atoms with E-state index in [-0.39, 0.29) is 29.9 Å². The van der Waals surface area contributed by atoms with Crippen molar-refractivity contribution in [2.45, 2.75) is 83.9 Å². The van der Waals surface area contributed by atoms with Crippen LogP contribution in [-0.2, 0) is 16.9 Å². The number of hydrogen-bond acceptors (Lipinski definition) is 7. The third kappa shape index (κ3) is 5.83. The number of methoxy groups -OCH3 is 1. The minimum atomic E-state index is -1.61. The number of aliphatic hydroxyl groups is 1. The fourth-order valence-electron chi connectivity index (χ4n) is 5.87. The predicted molar refractivity (Wildman–Crippen MR) is 160 cm³/mol. The number of nitrogens with one attached hydrogen (secondary N) is 1. The number of aliphatic hydroxyl groups excluding tert-OH is 1. The van der Waals surface area contributed by atoms with Crippen LogP contribution >= 0.6 is 11.3 Å². The maximum absolute atomic E-state index is 14.2. The lowest BCUT2D eigenvalue weighted by atomic mass is 9.79. The van der Waals surface area contributed by atoms with E-state index in [4.69, 9.17) is 10.5 Å². The average Bonchev–Trinajstić information content (AvgIpc) is 3.28. The number of carbonyl (C=O) groups is 2. The Hall–Kier alpha value is -3.44.